The number of para-hydroxylation sites is 1. The number of H-pyrrole nitrogens is 1. The number of ether oxygens (including phenoxy) is 2. The molecular weight excluding hydrogens is 394 g/mol. The van der Waals surface area contributed by atoms with Crippen molar-refractivity contribution >= 4 is 38.4 Å². The third-order valence-electron chi connectivity index (χ3n) is 3.82. The topological polar surface area (TPSA) is 115 Å². The number of nitrogens with one attached hydrogen (secondary N) is 1. The van der Waals surface area contributed by atoms with Crippen molar-refractivity contribution in [2.45, 2.75) is 28.1 Å². The van der Waals surface area contributed by atoms with E-state index in [2.05, 4.69) is 20.9 Å². The molecule has 126 valence electrons. The molecule has 1 saturated heterocycles. The number of benzene rings is 1. The molecule has 1 aromatic heterocycles. The van der Waals surface area contributed by atoms with Gasteiger partial charge >= 0.3 is 0 Å². The number of halogens is 2. The van der Waals surface area contributed by atoms with E-state index in [1.807, 2.05) is 18.2 Å². The Morgan fingerprint density at radius 1 is 1.35 bits per heavy atom. The number of hydrogen-bond donors (Lipinski definition) is 5. The summed E-state index contributed by atoms with van der Waals surface area (Å²) in [5.74, 6) is 0.379. The van der Waals surface area contributed by atoms with Crippen molar-refractivity contribution in [3.8, 4) is 5.75 Å². The Bertz CT molecular complexity index is 709. The van der Waals surface area contributed by atoms with E-state index >= 15 is 0 Å². The molecule has 1 aliphatic rings. The molecule has 23 heavy (non-hydrogen) atoms. The van der Waals surface area contributed by atoms with Crippen LogP contribution in [0.15, 0.2) is 30.5 Å². The number of alkyl halides is 2. The first kappa shape index (κ1) is 17.0. The highest BCUT2D eigenvalue weighted by Gasteiger charge is 2.63. The number of fused-ring (bicyclic) bond motifs is 1. The minimum Gasteiger partial charge on any atom is -0.460 e. The zero-order chi connectivity index (χ0) is 16.8. The first-order valence-electron chi connectivity index (χ1n) is 6.78. The zero-order valence-electron chi connectivity index (χ0n) is 11.7. The molecule has 0 amide bonds. The van der Waals surface area contributed by atoms with Crippen LogP contribution in [-0.2, 0) is 4.74 Å². The second-order valence-electron chi connectivity index (χ2n) is 5.30. The molecule has 5 N–H and O–H groups in total. The molecule has 0 aliphatic carbocycles. The highest BCUT2D eigenvalue weighted by Crippen LogP contribution is 2.45. The summed E-state index contributed by atoms with van der Waals surface area (Å²) < 4.78 is 9.08. The first-order valence-corrected chi connectivity index (χ1v) is 7.95. The highest BCUT2D eigenvalue weighted by molar-refractivity contribution is 9.10. The van der Waals surface area contributed by atoms with E-state index < -0.39 is 34.7 Å². The molecule has 1 fully saturated rings. The summed E-state index contributed by atoms with van der Waals surface area (Å²) in [6.45, 7) is -0.759. The summed E-state index contributed by atoms with van der Waals surface area (Å²) in [5, 5.41) is 38.0. The summed E-state index contributed by atoms with van der Waals surface area (Å²) in [6.07, 6.45) is -3.25. The summed E-state index contributed by atoms with van der Waals surface area (Å²) in [4.78, 5) is 2.99. The molecule has 0 unspecified atom stereocenters. The summed E-state index contributed by atoms with van der Waals surface area (Å²) >= 11 is 8.78. The second-order valence-corrected chi connectivity index (χ2v) is 7.16. The SMILES string of the molecule is OC[C@@]1(Br)O[C@@H](Oc2c[nH]c3ccccc23)[C@H](O)[C@@H](O)[C@]1(O)Cl. The highest BCUT2D eigenvalue weighted by atomic mass is 79.9. The van der Waals surface area contributed by atoms with E-state index in [1.54, 1.807) is 12.3 Å². The van der Waals surface area contributed by atoms with Crippen molar-refractivity contribution in [1.82, 2.24) is 4.98 Å². The molecule has 0 saturated carbocycles. The third-order valence-corrected chi connectivity index (χ3v) is 5.62. The van der Waals surface area contributed by atoms with E-state index in [0.29, 0.717) is 5.75 Å². The molecule has 0 spiro atoms. The Kier molecular flexibility index (Phi) is 4.35. The molecule has 9 heteroatoms. The standard InChI is InChI=1S/C14H15BrClNO6/c15-13(6-18)14(16,21)11(20)10(19)12(23-13)22-9-5-17-8-4-2-1-3-7(8)9/h1-5,10-12,17-21H,6H2/t10-,11-,12-,13-,14-/m1/s1. The smallest absolute Gasteiger partial charge is 0.230 e. The van der Waals surface area contributed by atoms with Crippen LogP contribution in [0.25, 0.3) is 10.9 Å². The van der Waals surface area contributed by atoms with Gasteiger partial charge in [-0.25, -0.2) is 0 Å². The maximum Gasteiger partial charge on any atom is 0.230 e. The number of aliphatic hydroxyl groups excluding tert-OH is 3. The Hall–Kier alpha value is -0.870. The summed E-state index contributed by atoms with van der Waals surface area (Å²) in [6, 6.07) is 7.31. The molecule has 2 heterocycles. The predicted molar refractivity (Wildman–Crippen MR) is 85.4 cm³/mol. The quantitative estimate of drug-likeness (QED) is 0.476. The van der Waals surface area contributed by atoms with E-state index in [4.69, 9.17) is 21.1 Å². The largest absolute Gasteiger partial charge is 0.460 e. The lowest BCUT2D eigenvalue weighted by Crippen LogP contribution is -2.69. The van der Waals surface area contributed by atoms with Gasteiger partial charge in [0.1, 0.15) is 18.0 Å². The van der Waals surface area contributed by atoms with E-state index in [0.717, 1.165) is 10.9 Å². The van der Waals surface area contributed by atoms with E-state index in [1.165, 1.54) is 0 Å². The van der Waals surface area contributed by atoms with Crippen LogP contribution in [0.3, 0.4) is 0 Å². The van der Waals surface area contributed by atoms with Gasteiger partial charge < -0.3 is 34.9 Å². The van der Waals surface area contributed by atoms with Crippen LogP contribution in [0.2, 0.25) is 0 Å². The van der Waals surface area contributed by atoms with Crippen molar-refractivity contribution in [3.05, 3.63) is 30.5 Å². The van der Waals surface area contributed by atoms with Crippen LogP contribution in [-0.4, -0.2) is 60.1 Å². The van der Waals surface area contributed by atoms with Gasteiger partial charge in [0.05, 0.1) is 6.61 Å². The predicted octanol–water partition coefficient (Wildman–Crippen LogP) is 0.636. The lowest BCUT2D eigenvalue weighted by molar-refractivity contribution is -0.300. The minimum atomic E-state index is -2.44. The minimum absolute atomic E-state index is 0.379. The number of aromatic nitrogens is 1. The van der Waals surface area contributed by atoms with E-state index in [-0.39, 0.29) is 0 Å². The van der Waals surface area contributed by atoms with Gasteiger partial charge in [0, 0.05) is 17.1 Å². The second kappa shape index (κ2) is 5.89. The van der Waals surface area contributed by atoms with Crippen LogP contribution < -0.4 is 4.74 Å². The maximum absolute atomic E-state index is 10.1. The van der Waals surface area contributed by atoms with Crippen LogP contribution in [0, 0.1) is 0 Å². The molecule has 0 bridgehead atoms. The lowest BCUT2D eigenvalue weighted by Gasteiger charge is -2.48. The molecule has 1 aliphatic heterocycles. The molecule has 0 radical (unpaired) electrons. The van der Waals surface area contributed by atoms with Crippen molar-refractivity contribution in [1.29, 1.82) is 0 Å². The fraction of sp³-hybridized carbons (Fsp3) is 0.429. The average Bonchev–Trinajstić information content (AvgIpc) is 2.94. The Labute approximate surface area is 144 Å². The van der Waals surface area contributed by atoms with Crippen molar-refractivity contribution in [2.75, 3.05) is 6.61 Å². The summed E-state index contributed by atoms with van der Waals surface area (Å²) in [5.41, 5.74) is 0.814. The van der Waals surface area contributed by atoms with Crippen molar-refractivity contribution in [2.24, 2.45) is 0 Å². The number of hydrogen-bond acceptors (Lipinski definition) is 6. The van der Waals surface area contributed by atoms with Crippen LogP contribution in [0.4, 0.5) is 0 Å². The van der Waals surface area contributed by atoms with Gasteiger partial charge in [0.25, 0.3) is 0 Å². The van der Waals surface area contributed by atoms with Crippen molar-refractivity contribution < 1.29 is 29.9 Å². The third kappa shape index (κ3) is 2.64. The Morgan fingerprint density at radius 3 is 2.74 bits per heavy atom. The van der Waals surface area contributed by atoms with Crippen LogP contribution in [0.5, 0.6) is 5.75 Å². The zero-order valence-corrected chi connectivity index (χ0v) is 14.0. The number of rotatable bonds is 3. The fourth-order valence-electron chi connectivity index (χ4n) is 2.44. The number of aromatic amines is 1. The van der Waals surface area contributed by atoms with Gasteiger partial charge in [-0.3, -0.25) is 0 Å². The Morgan fingerprint density at radius 2 is 2.04 bits per heavy atom. The van der Waals surface area contributed by atoms with Gasteiger partial charge in [0.15, 0.2) is 4.51 Å². The fourth-order valence-corrected chi connectivity index (χ4v) is 3.09. The monoisotopic (exact) mass is 407 g/mol. The molecule has 5 atom stereocenters. The summed E-state index contributed by atoms with van der Waals surface area (Å²) in [7, 11) is 0. The Balaban J connectivity index is 1.91. The normalized spacial score (nSPS) is 37.9. The average molecular weight is 409 g/mol. The van der Waals surface area contributed by atoms with Crippen molar-refractivity contribution in [3.63, 3.8) is 0 Å². The van der Waals surface area contributed by atoms with E-state index in [9.17, 15) is 20.4 Å². The van der Waals surface area contributed by atoms with Crippen LogP contribution >= 0.6 is 27.5 Å². The molecule has 7 nitrogen and oxygen atoms in total. The number of aliphatic hydroxyl groups is 4. The van der Waals surface area contributed by atoms with Crippen LogP contribution in [0.1, 0.15) is 0 Å². The van der Waals surface area contributed by atoms with Gasteiger partial charge in [-0.2, -0.15) is 0 Å². The lowest BCUT2D eigenvalue weighted by atomic mass is 9.98. The molecule has 1 aromatic carbocycles. The molecular formula is C14H15BrClNO6. The van der Waals surface area contributed by atoms with Gasteiger partial charge in [-0.1, -0.05) is 23.7 Å². The maximum atomic E-state index is 10.1. The molecule has 2 aromatic rings. The first-order chi connectivity index (χ1) is 10.8. The van der Waals surface area contributed by atoms with Gasteiger partial charge in [-0.05, 0) is 28.1 Å². The van der Waals surface area contributed by atoms with Gasteiger partial charge in [-0.15, -0.1) is 0 Å². The van der Waals surface area contributed by atoms with Gasteiger partial charge in [0.2, 0.25) is 11.4 Å². The molecule has 3 rings (SSSR count).